The number of halogens is 1. The van der Waals surface area contributed by atoms with Crippen LogP contribution in [0.3, 0.4) is 0 Å². The highest BCUT2D eigenvalue weighted by molar-refractivity contribution is 7.89. The Balaban J connectivity index is 2.12. The molecule has 1 aromatic rings. The van der Waals surface area contributed by atoms with Crippen molar-refractivity contribution in [1.82, 2.24) is 10.0 Å². The van der Waals surface area contributed by atoms with Crippen LogP contribution in [0.25, 0.3) is 0 Å². The highest BCUT2D eigenvalue weighted by atomic mass is 32.2. The fourth-order valence-corrected chi connectivity index (χ4v) is 3.76. The van der Waals surface area contributed by atoms with Gasteiger partial charge in [-0.15, -0.1) is 0 Å². The van der Waals surface area contributed by atoms with Gasteiger partial charge in [0.15, 0.2) is 0 Å². The number of rotatable bonds is 7. The topological polar surface area (TPSA) is 58.2 Å². The maximum Gasteiger partial charge on any atom is 0.240 e. The van der Waals surface area contributed by atoms with Crippen molar-refractivity contribution in [3.05, 3.63) is 29.6 Å². The summed E-state index contributed by atoms with van der Waals surface area (Å²) in [6.07, 6.45) is 3.00. The minimum Gasteiger partial charge on any atom is -0.316 e. The Bertz CT molecular complexity index is 575. The highest BCUT2D eigenvalue weighted by Gasteiger charge is 2.39. The molecule has 0 radical (unpaired) electrons. The average Bonchev–Trinajstić information content (AvgIpc) is 3.09. The van der Waals surface area contributed by atoms with Gasteiger partial charge in [0.05, 0.1) is 4.90 Å². The van der Waals surface area contributed by atoms with Gasteiger partial charge in [-0.05, 0) is 44.0 Å². The molecule has 1 aliphatic rings. The quantitative estimate of drug-likeness (QED) is 0.810. The first kappa shape index (κ1) is 15.4. The van der Waals surface area contributed by atoms with Crippen molar-refractivity contribution < 1.29 is 12.8 Å². The Labute approximate surface area is 119 Å². The van der Waals surface area contributed by atoms with Crippen LogP contribution in [0, 0.1) is 11.7 Å². The predicted molar refractivity (Wildman–Crippen MR) is 76.3 cm³/mol. The van der Waals surface area contributed by atoms with Gasteiger partial charge in [-0.2, -0.15) is 0 Å². The van der Waals surface area contributed by atoms with Gasteiger partial charge in [0.25, 0.3) is 0 Å². The molecule has 20 heavy (non-hydrogen) atoms. The Morgan fingerprint density at radius 2 is 2.15 bits per heavy atom. The van der Waals surface area contributed by atoms with Crippen molar-refractivity contribution in [3.8, 4) is 0 Å². The molecule has 2 unspecified atom stereocenters. The molecular weight excluding hydrogens is 279 g/mol. The van der Waals surface area contributed by atoms with E-state index in [0.29, 0.717) is 18.0 Å². The molecule has 0 saturated heterocycles. The summed E-state index contributed by atoms with van der Waals surface area (Å²) in [6.45, 7) is 2.39. The lowest BCUT2D eigenvalue weighted by molar-refractivity contribution is 0.570. The minimum absolute atomic E-state index is 0.0396. The van der Waals surface area contributed by atoms with Gasteiger partial charge in [0, 0.05) is 18.2 Å². The van der Waals surface area contributed by atoms with Crippen molar-refractivity contribution in [2.75, 3.05) is 7.05 Å². The lowest BCUT2D eigenvalue weighted by Crippen LogP contribution is -2.27. The Hall–Kier alpha value is -0.980. The summed E-state index contributed by atoms with van der Waals surface area (Å²) in [6, 6.07) is 3.95. The van der Waals surface area contributed by atoms with Crippen LogP contribution in [0.15, 0.2) is 23.1 Å². The van der Waals surface area contributed by atoms with E-state index in [-0.39, 0.29) is 10.9 Å². The molecule has 6 heteroatoms. The Morgan fingerprint density at radius 1 is 1.40 bits per heavy atom. The zero-order valence-electron chi connectivity index (χ0n) is 11.8. The summed E-state index contributed by atoms with van der Waals surface area (Å²) in [5.41, 5.74) is 0.358. The molecule has 0 amide bonds. The van der Waals surface area contributed by atoms with Crippen LogP contribution in [0.2, 0.25) is 0 Å². The van der Waals surface area contributed by atoms with Crippen molar-refractivity contribution in [3.63, 3.8) is 0 Å². The van der Waals surface area contributed by atoms with E-state index in [0.717, 1.165) is 19.3 Å². The zero-order chi connectivity index (χ0) is 14.8. The molecule has 0 aromatic heterocycles. The van der Waals surface area contributed by atoms with Crippen molar-refractivity contribution in [1.29, 1.82) is 0 Å². The van der Waals surface area contributed by atoms with Crippen LogP contribution in [0.5, 0.6) is 0 Å². The first-order valence-corrected chi connectivity index (χ1v) is 8.41. The first-order valence-electron chi connectivity index (χ1n) is 6.93. The number of sulfonamides is 1. The molecule has 1 aliphatic carbocycles. The maximum absolute atomic E-state index is 13.5. The third kappa shape index (κ3) is 3.56. The molecule has 4 nitrogen and oxygen atoms in total. The third-order valence-electron chi connectivity index (χ3n) is 3.58. The van der Waals surface area contributed by atoms with Crippen LogP contribution >= 0.6 is 0 Å². The van der Waals surface area contributed by atoms with Crippen molar-refractivity contribution in [2.24, 2.45) is 5.92 Å². The van der Waals surface area contributed by atoms with E-state index < -0.39 is 15.8 Å². The van der Waals surface area contributed by atoms with Gasteiger partial charge in [0.1, 0.15) is 5.82 Å². The van der Waals surface area contributed by atoms with E-state index in [2.05, 4.69) is 17.0 Å². The van der Waals surface area contributed by atoms with E-state index in [1.165, 1.54) is 18.2 Å². The lowest BCUT2D eigenvalue weighted by Gasteiger charge is -2.09. The molecule has 2 atom stereocenters. The minimum atomic E-state index is -3.55. The van der Waals surface area contributed by atoms with Crippen LogP contribution in [0.4, 0.5) is 4.39 Å². The third-order valence-corrected chi connectivity index (χ3v) is 5.07. The molecule has 2 N–H and O–H groups in total. The Kier molecular flexibility index (Phi) is 4.78. The van der Waals surface area contributed by atoms with E-state index in [9.17, 15) is 12.8 Å². The molecule has 0 heterocycles. The van der Waals surface area contributed by atoms with Gasteiger partial charge < -0.3 is 5.32 Å². The molecule has 0 bridgehead atoms. The summed E-state index contributed by atoms with van der Waals surface area (Å²) in [5, 5.41) is 2.83. The number of hydrogen-bond acceptors (Lipinski definition) is 3. The summed E-state index contributed by atoms with van der Waals surface area (Å²) < 4.78 is 40.7. The lowest BCUT2D eigenvalue weighted by atomic mass is 10.2. The predicted octanol–water partition coefficient (Wildman–Crippen LogP) is 2.01. The standard InChI is InChI=1S/C14H21FN2O2S/c1-3-4-10-8-14(10)17-20(18,19)12-5-6-13(15)11(7-12)9-16-2/h5-7,10,14,16-17H,3-4,8-9H2,1-2H3. The SMILES string of the molecule is CCCC1CC1NS(=O)(=O)c1ccc(F)c(CNC)c1. The van der Waals surface area contributed by atoms with Crippen molar-refractivity contribution >= 4 is 10.0 Å². The fourth-order valence-electron chi connectivity index (χ4n) is 2.39. The van der Waals surface area contributed by atoms with Gasteiger partial charge in [-0.1, -0.05) is 13.3 Å². The van der Waals surface area contributed by atoms with Crippen LogP contribution in [0.1, 0.15) is 31.7 Å². The molecule has 1 fully saturated rings. The maximum atomic E-state index is 13.5. The monoisotopic (exact) mass is 300 g/mol. The molecule has 0 spiro atoms. The van der Waals surface area contributed by atoms with E-state index in [4.69, 9.17) is 0 Å². The fraction of sp³-hybridized carbons (Fsp3) is 0.571. The van der Waals surface area contributed by atoms with Gasteiger partial charge >= 0.3 is 0 Å². The molecule has 1 aromatic carbocycles. The van der Waals surface area contributed by atoms with Gasteiger partial charge in [0.2, 0.25) is 10.0 Å². The number of benzene rings is 1. The molecule has 2 rings (SSSR count). The summed E-state index contributed by atoms with van der Waals surface area (Å²) in [7, 11) is -1.86. The molecule has 1 saturated carbocycles. The average molecular weight is 300 g/mol. The first-order chi connectivity index (χ1) is 9.47. The normalized spacial score (nSPS) is 21.9. The molecular formula is C14H21FN2O2S. The summed E-state index contributed by atoms with van der Waals surface area (Å²) in [5.74, 6) is 0.0561. The smallest absolute Gasteiger partial charge is 0.240 e. The van der Waals surface area contributed by atoms with Crippen molar-refractivity contribution in [2.45, 2.75) is 43.7 Å². The Morgan fingerprint density at radius 3 is 2.80 bits per heavy atom. The second kappa shape index (κ2) is 6.20. The van der Waals surface area contributed by atoms with Crippen LogP contribution < -0.4 is 10.0 Å². The summed E-state index contributed by atoms with van der Waals surface area (Å²) >= 11 is 0. The molecule has 0 aliphatic heterocycles. The van der Waals surface area contributed by atoms with E-state index >= 15 is 0 Å². The largest absolute Gasteiger partial charge is 0.316 e. The second-order valence-electron chi connectivity index (χ2n) is 5.30. The van der Waals surface area contributed by atoms with Gasteiger partial charge in [-0.25, -0.2) is 17.5 Å². The zero-order valence-corrected chi connectivity index (χ0v) is 12.6. The van der Waals surface area contributed by atoms with Crippen LogP contribution in [-0.4, -0.2) is 21.5 Å². The molecule has 112 valence electrons. The number of nitrogens with one attached hydrogen (secondary N) is 2. The van der Waals surface area contributed by atoms with E-state index in [1.807, 2.05) is 0 Å². The van der Waals surface area contributed by atoms with Crippen LogP contribution in [-0.2, 0) is 16.6 Å². The second-order valence-corrected chi connectivity index (χ2v) is 7.01. The highest BCUT2D eigenvalue weighted by Crippen LogP contribution is 2.35. The van der Waals surface area contributed by atoms with Gasteiger partial charge in [-0.3, -0.25) is 0 Å². The number of hydrogen-bond donors (Lipinski definition) is 2. The summed E-state index contributed by atoms with van der Waals surface area (Å²) in [4.78, 5) is 0.131. The van der Waals surface area contributed by atoms with E-state index in [1.54, 1.807) is 7.05 Å².